The van der Waals surface area contributed by atoms with Gasteiger partial charge >= 0.3 is 0 Å². The Morgan fingerprint density at radius 2 is 1.84 bits per heavy atom. The molecule has 5 atom stereocenters. The van der Waals surface area contributed by atoms with Crippen LogP contribution in [0.25, 0.3) is 0 Å². The number of rotatable bonds is 4. The summed E-state index contributed by atoms with van der Waals surface area (Å²) < 4.78 is 14.2. The van der Waals surface area contributed by atoms with E-state index < -0.39 is 35.1 Å². The maximum Gasteiger partial charge on any atom is 0.250 e. The Morgan fingerprint density at radius 1 is 1.10 bits per heavy atom. The van der Waals surface area contributed by atoms with E-state index in [2.05, 4.69) is 10.6 Å². The van der Waals surface area contributed by atoms with E-state index >= 15 is 0 Å². The lowest BCUT2D eigenvalue weighted by molar-refractivity contribution is -0.145. The highest BCUT2D eigenvalue weighted by molar-refractivity contribution is 6.15. The molecule has 160 valence electrons. The lowest BCUT2D eigenvalue weighted by Gasteiger charge is -2.31. The van der Waals surface area contributed by atoms with Crippen LogP contribution in [0.4, 0.5) is 10.1 Å². The molecule has 3 aliphatic heterocycles. The summed E-state index contributed by atoms with van der Waals surface area (Å²) in [6.07, 6.45) is 1.10. The third-order valence-corrected chi connectivity index (χ3v) is 7.04. The number of nitrogens with one attached hydrogen (secondary N) is 2. The lowest BCUT2D eigenvalue weighted by atomic mass is 9.76. The summed E-state index contributed by atoms with van der Waals surface area (Å²) in [6, 6.07) is 13.0. The smallest absolute Gasteiger partial charge is 0.250 e. The molecule has 6 nitrogen and oxygen atoms in total. The van der Waals surface area contributed by atoms with Crippen molar-refractivity contribution in [3.05, 3.63) is 65.5 Å². The van der Waals surface area contributed by atoms with Gasteiger partial charge in [-0.15, -0.1) is 0 Å². The van der Waals surface area contributed by atoms with Crippen molar-refractivity contribution < 1.29 is 18.8 Å². The number of imide groups is 1. The molecule has 5 rings (SSSR count). The quantitative estimate of drug-likeness (QED) is 0.744. The fraction of sp³-hybridized carbons (Fsp3) is 0.375. The van der Waals surface area contributed by atoms with Gasteiger partial charge in [0.15, 0.2) is 0 Å². The molecule has 2 aromatic carbocycles. The van der Waals surface area contributed by atoms with Gasteiger partial charge < -0.3 is 5.32 Å². The number of carbonyl (C=O) groups excluding carboxylic acids is 3. The van der Waals surface area contributed by atoms with Crippen molar-refractivity contribution in [3.63, 3.8) is 0 Å². The molecule has 0 radical (unpaired) electrons. The highest BCUT2D eigenvalue weighted by Crippen LogP contribution is 2.53. The van der Waals surface area contributed by atoms with Crippen molar-refractivity contribution in [2.75, 3.05) is 5.32 Å². The highest BCUT2D eigenvalue weighted by atomic mass is 19.1. The molecule has 3 amide bonds. The van der Waals surface area contributed by atoms with Gasteiger partial charge in [-0.1, -0.05) is 37.3 Å². The minimum atomic E-state index is -1.46. The topological polar surface area (TPSA) is 78.5 Å². The molecule has 2 aromatic rings. The number of fused-ring (bicyclic) bond motifs is 4. The summed E-state index contributed by atoms with van der Waals surface area (Å²) in [7, 11) is 0. The van der Waals surface area contributed by atoms with Crippen molar-refractivity contribution in [1.82, 2.24) is 10.2 Å². The normalized spacial score (nSPS) is 30.0. The van der Waals surface area contributed by atoms with Crippen LogP contribution in [0.3, 0.4) is 0 Å². The highest BCUT2D eigenvalue weighted by Gasteiger charge is 2.70. The predicted octanol–water partition coefficient (Wildman–Crippen LogP) is 2.59. The molecule has 2 fully saturated rings. The van der Waals surface area contributed by atoms with Crippen LogP contribution < -0.4 is 10.6 Å². The van der Waals surface area contributed by atoms with Gasteiger partial charge in [-0.2, -0.15) is 0 Å². The Morgan fingerprint density at radius 3 is 2.55 bits per heavy atom. The van der Waals surface area contributed by atoms with E-state index in [1.165, 1.54) is 23.1 Å². The van der Waals surface area contributed by atoms with E-state index in [-0.39, 0.29) is 17.9 Å². The average molecular weight is 421 g/mol. The van der Waals surface area contributed by atoms with E-state index in [1.807, 2.05) is 44.2 Å². The molecule has 2 N–H and O–H groups in total. The maximum atomic E-state index is 14.2. The first-order chi connectivity index (χ1) is 14.9. The van der Waals surface area contributed by atoms with Crippen molar-refractivity contribution in [3.8, 4) is 0 Å². The second-order valence-electron chi connectivity index (χ2n) is 8.70. The number of amides is 3. The Hall–Kier alpha value is -3.06. The number of anilines is 1. The molecule has 2 saturated heterocycles. The molecule has 0 aliphatic carbocycles. The van der Waals surface area contributed by atoms with Crippen molar-refractivity contribution in [2.24, 2.45) is 11.8 Å². The van der Waals surface area contributed by atoms with Crippen LogP contribution in [0.1, 0.15) is 31.4 Å². The van der Waals surface area contributed by atoms with Crippen LogP contribution in [0.15, 0.2) is 48.5 Å². The number of halogens is 1. The van der Waals surface area contributed by atoms with Crippen LogP contribution >= 0.6 is 0 Å². The van der Waals surface area contributed by atoms with E-state index in [1.54, 1.807) is 0 Å². The van der Waals surface area contributed by atoms with Crippen molar-refractivity contribution >= 4 is 23.4 Å². The van der Waals surface area contributed by atoms with Crippen LogP contribution in [0.5, 0.6) is 0 Å². The SMILES string of the molecule is CC[C@H](C)N1C(=O)[C@@H]2[C@H](Cc3ccccc3)N[C@]3(C(=O)Nc4ccc(F)cc43)[C@@H]2C1=O. The van der Waals surface area contributed by atoms with Crippen LogP contribution in [0.2, 0.25) is 0 Å². The summed E-state index contributed by atoms with van der Waals surface area (Å²) in [5.41, 5.74) is 0.405. The zero-order valence-electron chi connectivity index (χ0n) is 17.4. The number of carbonyl (C=O) groups is 3. The summed E-state index contributed by atoms with van der Waals surface area (Å²) in [5.74, 6) is -3.12. The second kappa shape index (κ2) is 6.99. The summed E-state index contributed by atoms with van der Waals surface area (Å²) in [6.45, 7) is 3.76. The molecule has 0 unspecified atom stereocenters. The molecule has 0 bridgehead atoms. The molecule has 0 saturated carbocycles. The summed E-state index contributed by atoms with van der Waals surface area (Å²) in [5, 5.41) is 6.14. The first-order valence-corrected chi connectivity index (χ1v) is 10.7. The second-order valence-corrected chi connectivity index (χ2v) is 8.70. The standard InChI is InChI=1S/C24H24FN3O3/c1-3-13(2)28-21(29)19-18(11-14-7-5-4-6-8-14)27-24(20(19)22(28)30)16-12-15(25)9-10-17(16)26-23(24)31/h4-10,12-13,18-20,27H,3,11H2,1-2H3,(H,26,31)/t13-,18-,19+,20-,24-/m0/s1. The molecule has 7 heteroatoms. The van der Waals surface area contributed by atoms with Crippen molar-refractivity contribution in [1.29, 1.82) is 0 Å². The zero-order chi connectivity index (χ0) is 21.9. The largest absolute Gasteiger partial charge is 0.324 e. The van der Waals surface area contributed by atoms with Gasteiger partial charge in [0.25, 0.3) is 0 Å². The van der Waals surface area contributed by atoms with Gasteiger partial charge in [0.2, 0.25) is 17.7 Å². The van der Waals surface area contributed by atoms with E-state index in [0.29, 0.717) is 24.1 Å². The average Bonchev–Trinajstić information content (AvgIpc) is 3.33. The van der Waals surface area contributed by atoms with Crippen LogP contribution in [0, 0.1) is 17.7 Å². The molecular formula is C24H24FN3O3. The van der Waals surface area contributed by atoms with Gasteiger partial charge in [-0.25, -0.2) is 4.39 Å². The number of benzene rings is 2. The first-order valence-electron chi connectivity index (χ1n) is 10.7. The number of hydrogen-bond acceptors (Lipinski definition) is 4. The maximum absolute atomic E-state index is 14.2. The van der Waals surface area contributed by atoms with Crippen molar-refractivity contribution in [2.45, 2.75) is 44.3 Å². The lowest BCUT2D eigenvalue weighted by Crippen LogP contribution is -2.54. The van der Waals surface area contributed by atoms with E-state index in [0.717, 1.165) is 5.56 Å². The van der Waals surface area contributed by atoms with Gasteiger partial charge in [-0.05, 0) is 43.5 Å². The minimum absolute atomic E-state index is 0.257. The van der Waals surface area contributed by atoms with Gasteiger partial charge in [0.05, 0.1) is 11.8 Å². The zero-order valence-corrected chi connectivity index (χ0v) is 17.4. The number of nitrogens with zero attached hydrogens (tertiary/aromatic N) is 1. The number of likely N-dealkylation sites (tertiary alicyclic amines) is 1. The Labute approximate surface area is 179 Å². The molecular weight excluding hydrogens is 397 g/mol. The third-order valence-electron chi connectivity index (χ3n) is 7.04. The van der Waals surface area contributed by atoms with E-state index in [4.69, 9.17) is 0 Å². The molecule has 1 spiro atoms. The molecule has 3 heterocycles. The Balaban J connectivity index is 1.66. The monoisotopic (exact) mass is 421 g/mol. The molecule has 31 heavy (non-hydrogen) atoms. The Kier molecular flexibility index (Phi) is 4.48. The molecule has 0 aromatic heterocycles. The predicted molar refractivity (Wildman–Crippen MR) is 112 cm³/mol. The Bertz CT molecular complexity index is 1090. The molecule has 3 aliphatic rings. The van der Waals surface area contributed by atoms with Gasteiger partial charge in [-0.3, -0.25) is 24.6 Å². The van der Waals surface area contributed by atoms with E-state index in [9.17, 15) is 18.8 Å². The van der Waals surface area contributed by atoms with Crippen LogP contribution in [-0.4, -0.2) is 34.7 Å². The summed E-state index contributed by atoms with van der Waals surface area (Å²) in [4.78, 5) is 41.7. The van der Waals surface area contributed by atoms with Gasteiger partial charge in [0.1, 0.15) is 11.4 Å². The van der Waals surface area contributed by atoms with Gasteiger partial charge in [0, 0.05) is 23.3 Å². The summed E-state index contributed by atoms with van der Waals surface area (Å²) >= 11 is 0. The number of hydrogen-bond donors (Lipinski definition) is 2. The van der Waals surface area contributed by atoms with Crippen LogP contribution in [-0.2, 0) is 26.3 Å². The third kappa shape index (κ3) is 2.69. The fourth-order valence-electron chi connectivity index (χ4n) is 5.46. The minimum Gasteiger partial charge on any atom is -0.324 e. The fourth-order valence-corrected chi connectivity index (χ4v) is 5.46. The first kappa shape index (κ1) is 19.9.